The Morgan fingerprint density at radius 1 is 1.11 bits per heavy atom. The number of ether oxygens (including phenoxy) is 1. The molecule has 2 aromatic rings. The number of fused-ring (bicyclic) bond motifs is 3. The molecule has 0 radical (unpaired) electrons. The number of carboxylic acid groups (broad SMARTS) is 1. The first-order chi connectivity index (χ1) is 13.6. The molecule has 1 atom stereocenters. The second kappa shape index (κ2) is 7.30. The molecule has 0 spiro atoms. The van der Waals surface area contributed by atoms with Gasteiger partial charge in [0.25, 0.3) is 0 Å². The van der Waals surface area contributed by atoms with Gasteiger partial charge in [0.05, 0.1) is 0 Å². The Morgan fingerprint density at radius 2 is 1.68 bits per heavy atom. The molecule has 1 saturated carbocycles. The van der Waals surface area contributed by atoms with Crippen LogP contribution >= 0.6 is 0 Å². The van der Waals surface area contributed by atoms with Crippen molar-refractivity contribution in [3.05, 3.63) is 59.7 Å². The van der Waals surface area contributed by atoms with E-state index in [0.717, 1.165) is 47.9 Å². The van der Waals surface area contributed by atoms with Gasteiger partial charge in [-0.25, -0.2) is 9.59 Å². The zero-order valence-electron chi connectivity index (χ0n) is 16.0. The third-order valence-electron chi connectivity index (χ3n) is 6.11. The maximum atomic E-state index is 12.4. The van der Waals surface area contributed by atoms with E-state index in [9.17, 15) is 14.7 Å². The summed E-state index contributed by atoms with van der Waals surface area (Å²) in [4.78, 5) is 24.1. The highest BCUT2D eigenvalue weighted by atomic mass is 16.5. The zero-order valence-corrected chi connectivity index (χ0v) is 16.0. The predicted molar refractivity (Wildman–Crippen MR) is 106 cm³/mol. The van der Waals surface area contributed by atoms with Crippen molar-refractivity contribution in [1.82, 2.24) is 5.32 Å². The number of amides is 1. The van der Waals surface area contributed by atoms with Gasteiger partial charge in [0, 0.05) is 11.3 Å². The number of carboxylic acids is 1. The van der Waals surface area contributed by atoms with Crippen molar-refractivity contribution >= 4 is 12.1 Å². The molecule has 0 unspecified atom stereocenters. The van der Waals surface area contributed by atoms with Gasteiger partial charge >= 0.3 is 12.1 Å². The summed E-state index contributed by atoms with van der Waals surface area (Å²) in [5, 5.41) is 12.2. The van der Waals surface area contributed by atoms with Gasteiger partial charge in [0.1, 0.15) is 12.6 Å². The topological polar surface area (TPSA) is 75.6 Å². The second-order valence-electron chi connectivity index (χ2n) is 7.85. The third kappa shape index (κ3) is 3.26. The fourth-order valence-electron chi connectivity index (χ4n) is 4.58. The number of benzene rings is 2. The lowest BCUT2D eigenvalue weighted by Gasteiger charge is -2.24. The first-order valence-electron chi connectivity index (χ1n) is 9.90. The van der Waals surface area contributed by atoms with Gasteiger partial charge in [-0.1, -0.05) is 61.9 Å². The molecule has 146 valence electrons. The molecular weight excluding hydrogens is 354 g/mol. The Kier molecular flexibility index (Phi) is 4.84. The van der Waals surface area contributed by atoms with Crippen molar-refractivity contribution in [2.24, 2.45) is 5.41 Å². The maximum absolute atomic E-state index is 12.4. The van der Waals surface area contributed by atoms with Gasteiger partial charge in [-0.3, -0.25) is 0 Å². The van der Waals surface area contributed by atoms with Crippen LogP contribution in [0.1, 0.15) is 49.7 Å². The molecule has 1 fully saturated rings. The maximum Gasteiger partial charge on any atom is 0.407 e. The Labute approximate surface area is 164 Å². The van der Waals surface area contributed by atoms with E-state index in [2.05, 4.69) is 29.6 Å². The lowest BCUT2D eigenvalue weighted by molar-refractivity contribution is -0.141. The number of carbonyl (C=O) groups is 2. The quantitative estimate of drug-likeness (QED) is 0.739. The summed E-state index contributed by atoms with van der Waals surface area (Å²) < 4.78 is 5.51. The van der Waals surface area contributed by atoms with Crippen molar-refractivity contribution < 1.29 is 19.4 Å². The van der Waals surface area contributed by atoms with Crippen LogP contribution in [-0.2, 0) is 9.53 Å². The van der Waals surface area contributed by atoms with E-state index >= 15 is 0 Å². The first kappa shape index (κ1) is 18.5. The fourth-order valence-corrected chi connectivity index (χ4v) is 4.58. The molecule has 0 heterocycles. The fraction of sp³-hybridized carbons (Fsp3) is 0.391. The number of aliphatic carboxylic acids is 1. The number of alkyl carbamates (subject to hydrolysis) is 1. The molecule has 2 aromatic carbocycles. The lowest BCUT2D eigenvalue weighted by atomic mass is 9.91. The van der Waals surface area contributed by atoms with E-state index < -0.39 is 18.1 Å². The third-order valence-corrected chi connectivity index (χ3v) is 6.11. The Bertz CT molecular complexity index is 857. The van der Waals surface area contributed by atoms with Gasteiger partial charge in [-0.05, 0) is 41.5 Å². The van der Waals surface area contributed by atoms with Crippen molar-refractivity contribution in [2.75, 3.05) is 6.61 Å². The number of carbonyl (C=O) groups excluding carboxylic acids is 1. The molecule has 28 heavy (non-hydrogen) atoms. The van der Waals surface area contributed by atoms with Crippen LogP contribution < -0.4 is 5.32 Å². The largest absolute Gasteiger partial charge is 0.480 e. The lowest BCUT2D eigenvalue weighted by Crippen LogP contribution is -2.47. The molecule has 5 heteroatoms. The summed E-state index contributed by atoms with van der Waals surface area (Å²) in [6.07, 6.45) is 2.71. The van der Waals surface area contributed by atoms with Crippen LogP contribution in [0.3, 0.4) is 0 Å². The van der Waals surface area contributed by atoms with Crippen molar-refractivity contribution in [2.45, 2.75) is 44.6 Å². The Balaban J connectivity index is 1.46. The van der Waals surface area contributed by atoms with Crippen LogP contribution in [0, 0.1) is 5.41 Å². The van der Waals surface area contributed by atoms with Gasteiger partial charge < -0.3 is 15.2 Å². The first-order valence-corrected chi connectivity index (χ1v) is 9.90. The number of hydrogen-bond acceptors (Lipinski definition) is 3. The molecule has 2 aliphatic carbocycles. The second-order valence-corrected chi connectivity index (χ2v) is 7.85. The van der Waals surface area contributed by atoms with E-state index in [4.69, 9.17) is 4.74 Å². The Morgan fingerprint density at radius 3 is 2.18 bits per heavy atom. The molecule has 2 aliphatic rings. The molecule has 0 bridgehead atoms. The zero-order chi connectivity index (χ0) is 19.7. The molecule has 1 amide bonds. The average Bonchev–Trinajstić information content (AvgIpc) is 3.40. The van der Waals surface area contributed by atoms with E-state index in [-0.39, 0.29) is 17.9 Å². The summed E-state index contributed by atoms with van der Waals surface area (Å²) in [5.74, 6) is -1.02. The summed E-state index contributed by atoms with van der Waals surface area (Å²) in [7, 11) is 0. The predicted octanol–water partition coefficient (Wildman–Crippen LogP) is 4.56. The molecule has 0 saturated heterocycles. The number of nitrogens with one attached hydrogen (secondary N) is 1. The molecule has 4 rings (SSSR count). The van der Waals surface area contributed by atoms with Gasteiger partial charge in [-0.2, -0.15) is 0 Å². The Hall–Kier alpha value is -2.82. The van der Waals surface area contributed by atoms with Crippen molar-refractivity contribution in [1.29, 1.82) is 0 Å². The standard InChI is InChI=1S/C23H25NO4/c1-2-11-23(12-13-23)20(21(25)26)24-22(27)28-14-19-17-9-5-3-7-15(17)16-8-4-6-10-18(16)19/h3-10,19-20H,2,11-14H2,1H3,(H,24,27)(H,25,26)/t20-/m1/s1. The molecule has 5 nitrogen and oxygen atoms in total. The average molecular weight is 379 g/mol. The van der Waals surface area contributed by atoms with Gasteiger partial charge in [0.2, 0.25) is 0 Å². The van der Waals surface area contributed by atoms with Crippen LogP contribution in [0.4, 0.5) is 4.79 Å². The summed E-state index contributed by atoms with van der Waals surface area (Å²) in [5.41, 5.74) is 4.28. The van der Waals surface area contributed by atoms with Gasteiger partial charge in [0.15, 0.2) is 0 Å². The molecular formula is C23H25NO4. The minimum atomic E-state index is -0.987. The van der Waals surface area contributed by atoms with Crippen molar-refractivity contribution in [3.63, 3.8) is 0 Å². The summed E-state index contributed by atoms with van der Waals surface area (Å²) >= 11 is 0. The van der Waals surface area contributed by atoms with Crippen LogP contribution in [0.2, 0.25) is 0 Å². The van der Waals surface area contributed by atoms with E-state index in [1.54, 1.807) is 0 Å². The molecule has 2 N–H and O–H groups in total. The minimum Gasteiger partial charge on any atom is -0.480 e. The number of rotatable bonds is 7. The highest BCUT2D eigenvalue weighted by molar-refractivity contribution is 5.82. The molecule has 0 aromatic heterocycles. The monoisotopic (exact) mass is 379 g/mol. The van der Waals surface area contributed by atoms with Crippen LogP contribution in [0.15, 0.2) is 48.5 Å². The summed E-state index contributed by atoms with van der Waals surface area (Å²) in [6, 6.07) is 15.4. The van der Waals surface area contributed by atoms with E-state index in [1.165, 1.54) is 0 Å². The van der Waals surface area contributed by atoms with Crippen LogP contribution in [0.25, 0.3) is 11.1 Å². The smallest absolute Gasteiger partial charge is 0.407 e. The number of hydrogen-bond donors (Lipinski definition) is 2. The van der Waals surface area contributed by atoms with Crippen LogP contribution in [0.5, 0.6) is 0 Å². The SMILES string of the molecule is CCCC1([C@H](NC(=O)OCC2c3ccccc3-c3ccccc32)C(=O)O)CC1. The van der Waals surface area contributed by atoms with E-state index in [0.29, 0.717) is 0 Å². The van der Waals surface area contributed by atoms with E-state index in [1.807, 2.05) is 31.2 Å². The summed E-state index contributed by atoms with van der Waals surface area (Å²) in [6.45, 7) is 2.22. The minimum absolute atomic E-state index is 0.0352. The highest BCUT2D eigenvalue weighted by Gasteiger charge is 2.52. The van der Waals surface area contributed by atoms with Gasteiger partial charge in [-0.15, -0.1) is 0 Å². The highest BCUT2D eigenvalue weighted by Crippen LogP contribution is 2.52. The molecule has 0 aliphatic heterocycles. The van der Waals surface area contributed by atoms with Crippen molar-refractivity contribution in [3.8, 4) is 11.1 Å². The van der Waals surface area contributed by atoms with Crippen LogP contribution in [-0.4, -0.2) is 29.8 Å². The normalized spacial score (nSPS) is 17.3.